The summed E-state index contributed by atoms with van der Waals surface area (Å²) in [5.41, 5.74) is 7.63. The fourth-order valence-electron chi connectivity index (χ4n) is 3.18. The molecule has 1 aliphatic heterocycles. The molecule has 3 atom stereocenters. The van der Waals surface area contributed by atoms with Crippen molar-refractivity contribution in [1.82, 2.24) is 15.2 Å². The van der Waals surface area contributed by atoms with Crippen molar-refractivity contribution in [2.45, 2.75) is 32.4 Å². The van der Waals surface area contributed by atoms with E-state index in [2.05, 4.69) is 10.3 Å². The van der Waals surface area contributed by atoms with Gasteiger partial charge >= 0.3 is 6.03 Å². The third-order valence-electron chi connectivity index (χ3n) is 4.70. The van der Waals surface area contributed by atoms with Gasteiger partial charge in [-0.15, -0.1) is 0 Å². The van der Waals surface area contributed by atoms with E-state index in [9.17, 15) is 9.59 Å². The van der Waals surface area contributed by atoms with Crippen molar-refractivity contribution in [3.63, 3.8) is 0 Å². The number of pyridine rings is 1. The predicted molar refractivity (Wildman–Crippen MR) is 95.5 cm³/mol. The van der Waals surface area contributed by atoms with Gasteiger partial charge in [-0.25, -0.2) is 9.78 Å². The number of nitrogens with one attached hydrogen (secondary N) is 1. The molecule has 3 amide bonds. The van der Waals surface area contributed by atoms with Crippen molar-refractivity contribution in [2.75, 3.05) is 5.73 Å². The Hall–Kier alpha value is -2.89. The topological polar surface area (TPSA) is 88.3 Å². The van der Waals surface area contributed by atoms with Gasteiger partial charge in [0.2, 0.25) is 5.91 Å². The van der Waals surface area contributed by atoms with Crippen LogP contribution in [0.1, 0.15) is 31.0 Å². The molecule has 2 aromatic rings. The maximum Gasteiger partial charge on any atom is 0.324 e. The molecule has 6 nitrogen and oxygen atoms in total. The first kappa shape index (κ1) is 17.0. The molecule has 3 rings (SSSR count). The van der Waals surface area contributed by atoms with Gasteiger partial charge in [0.25, 0.3) is 0 Å². The fraction of sp³-hybridized carbons (Fsp3) is 0.316. The molecule has 0 unspecified atom stereocenters. The van der Waals surface area contributed by atoms with E-state index in [-0.39, 0.29) is 29.9 Å². The van der Waals surface area contributed by atoms with Gasteiger partial charge in [-0.3, -0.25) is 9.69 Å². The Bertz CT molecular complexity index is 778. The first-order chi connectivity index (χ1) is 12.0. The van der Waals surface area contributed by atoms with E-state index in [4.69, 9.17) is 5.73 Å². The van der Waals surface area contributed by atoms with Gasteiger partial charge in [-0.2, -0.15) is 0 Å². The van der Waals surface area contributed by atoms with Crippen molar-refractivity contribution in [3.8, 4) is 0 Å². The highest BCUT2D eigenvalue weighted by Gasteiger charge is 2.47. The van der Waals surface area contributed by atoms with E-state index in [1.165, 1.54) is 4.90 Å². The molecule has 1 aliphatic rings. The molecule has 0 saturated carbocycles. The van der Waals surface area contributed by atoms with E-state index in [1.807, 2.05) is 50.2 Å². The molecule has 0 aliphatic carbocycles. The Morgan fingerprint density at radius 1 is 1.32 bits per heavy atom. The van der Waals surface area contributed by atoms with Crippen molar-refractivity contribution >= 4 is 17.8 Å². The molecule has 3 N–H and O–H groups in total. The number of β-lactam (4-membered cyclic amide) rings is 1. The van der Waals surface area contributed by atoms with Gasteiger partial charge in [0.05, 0.1) is 18.0 Å². The van der Waals surface area contributed by atoms with Crippen LogP contribution in [-0.2, 0) is 11.2 Å². The summed E-state index contributed by atoms with van der Waals surface area (Å²) < 4.78 is 0. The summed E-state index contributed by atoms with van der Waals surface area (Å²) in [6, 6.07) is 12.6. The Balaban J connectivity index is 1.61. The SMILES string of the molecule is C[C@@H]1[C@@H](Cc2ccnc(N)c2)C(=O)N1C(=O)N[C@H](C)c1ccccc1. The number of imide groups is 1. The van der Waals surface area contributed by atoms with Crippen LogP contribution in [0.15, 0.2) is 48.7 Å². The lowest BCUT2D eigenvalue weighted by Gasteiger charge is -2.44. The lowest BCUT2D eigenvalue weighted by Crippen LogP contribution is -2.64. The summed E-state index contributed by atoms with van der Waals surface area (Å²) >= 11 is 0. The minimum Gasteiger partial charge on any atom is -0.384 e. The lowest BCUT2D eigenvalue weighted by atomic mass is 9.84. The molecular formula is C19H22N4O2. The smallest absolute Gasteiger partial charge is 0.324 e. The molecule has 0 bridgehead atoms. The zero-order chi connectivity index (χ0) is 18.0. The van der Waals surface area contributed by atoms with Gasteiger partial charge in [-0.05, 0) is 43.5 Å². The Morgan fingerprint density at radius 2 is 2.04 bits per heavy atom. The number of carbonyl (C=O) groups excluding carboxylic acids is 2. The highest BCUT2D eigenvalue weighted by atomic mass is 16.2. The number of nitrogen functional groups attached to an aromatic ring is 1. The van der Waals surface area contributed by atoms with E-state index >= 15 is 0 Å². The maximum absolute atomic E-state index is 12.4. The third-order valence-corrected chi connectivity index (χ3v) is 4.70. The predicted octanol–water partition coefficient (Wildman–Crippen LogP) is 2.52. The highest BCUT2D eigenvalue weighted by Crippen LogP contribution is 2.30. The maximum atomic E-state index is 12.4. The average molecular weight is 338 g/mol. The molecule has 1 saturated heterocycles. The van der Waals surface area contributed by atoms with E-state index < -0.39 is 0 Å². The van der Waals surface area contributed by atoms with Crippen LogP contribution in [0, 0.1) is 5.92 Å². The highest BCUT2D eigenvalue weighted by molar-refractivity contribution is 6.01. The molecule has 1 aromatic carbocycles. The summed E-state index contributed by atoms with van der Waals surface area (Å²) in [5.74, 6) is 0.0726. The quantitative estimate of drug-likeness (QED) is 0.839. The Labute approximate surface area is 147 Å². The molecule has 0 radical (unpaired) electrons. The second kappa shape index (κ2) is 6.93. The number of rotatable bonds is 4. The number of likely N-dealkylation sites (tertiary alicyclic amines) is 1. The Morgan fingerprint density at radius 3 is 2.68 bits per heavy atom. The van der Waals surface area contributed by atoms with Gasteiger partial charge in [0, 0.05) is 6.20 Å². The first-order valence-electron chi connectivity index (χ1n) is 8.36. The number of urea groups is 1. The second-order valence-electron chi connectivity index (χ2n) is 6.43. The van der Waals surface area contributed by atoms with Gasteiger partial charge in [0.15, 0.2) is 0 Å². The standard InChI is InChI=1S/C19H22N4O2/c1-12(15-6-4-3-5-7-15)22-19(25)23-13(2)16(18(23)24)10-14-8-9-21-17(20)11-14/h3-9,11-13,16H,10H2,1-2H3,(H2,20,21)(H,22,25)/t12-,13-,16-/m1/s1. The summed E-state index contributed by atoms with van der Waals surface area (Å²) in [6.07, 6.45) is 2.19. The molecule has 2 heterocycles. The van der Waals surface area contributed by atoms with E-state index in [1.54, 1.807) is 12.3 Å². The number of nitrogens with two attached hydrogens (primary N) is 1. The normalized spacial score (nSPS) is 20.7. The molecular weight excluding hydrogens is 316 g/mol. The van der Waals surface area contributed by atoms with E-state index in [0.29, 0.717) is 12.2 Å². The minimum absolute atomic E-state index is 0.148. The van der Waals surface area contributed by atoms with Crippen molar-refractivity contribution in [2.24, 2.45) is 5.92 Å². The number of benzene rings is 1. The van der Waals surface area contributed by atoms with Crippen LogP contribution in [0.2, 0.25) is 0 Å². The van der Waals surface area contributed by atoms with Crippen LogP contribution >= 0.6 is 0 Å². The van der Waals surface area contributed by atoms with Crippen LogP contribution in [0.4, 0.5) is 10.6 Å². The zero-order valence-electron chi connectivity index (χ0n) is 14.3. The molecule has 130 valence electrons. The van der Waals surface area contributed by atoms with E-state index in [0.717, 1.165) is 11.1 Å². The molecule has 1 fully saturated rings. The molecule has 1 aromatic heterocycles. The third kappa shape index (κ3) is 3.47. The molecule has 0 spiro atoms. The first-order valence-corrected chi connectivity index (χ1v) is 8.36. The fourth-order valence-corrected chi connectivity index (χ4v) is 3.18. The minimum atomic E-state index is -0.348. The monoisotopic (exact) mass is 338 g/mol. The summed E-state index contributed by atoms with van der Waals surface area (Å²) in [7, 11) is 0. The van der Waals surface area contributed by atoms with Crippen LogP contribution < -0.4 is 11.1 Å². The van der Waals surface area contributed by atoms with Crippen LogP contribution in [0.25, 0.3) is 0 Å². The van der Waals surface area contributed by atoms with Crippen molar-refractivity contribution < 1.29 is 9.59 Å². The van der Waals surface area contributed by atoms with Crippen LogP contribution in [0.5, 0.6) is 0 Å². The van der Waals surface area contributed by atoms with Crippen LogP contribution in [-0.4, -0.2) is 27.9 Å². The summed E-state index contributed by atoms with van der Waals surface area (Å²) in [5, 5.41) is 2.89. The van der Waals surface area contributed by atoms with Gasteiger partial charge in [-0.1, -0.05) is 30.3 Å². The summed E-state index contributed by atoms with van der Waals surface area (Å²) in [4.78, 5) is 30.1. The lowest BCUT2D eigenvalue weighted by molar-refractivity contribution is -0.148. The molecule has 25 heavy (non-hydrogen) atoms. The average Bonchev–Trinajstić information content (AvgIpc) is 2.60. The second-order valence-corrected chi connectivity index (χ2v) is 6.43. The number of carbonyl (C=O) groups is 2. The van der Waals surface area contributed by atoms with Crippen LogP contribution in [0.3, 0.4) is 0 Å². The largest absolute Gasteiger partial charge is 0.384 e. The number of amides is 3. The van der Waals surface area contributed by atoms with Crippen molar-refractivity contribution in [3.05, 3.63) is 59.8 Å². The number of hydrogen-bond donors (Lipinski definition) is 2. The number of aromatic nitrogens is 1. The number of anilines is 1. The van der Waals surface area contributed by atoms with Gasteiger partial charge in [0.1, 0.15) is 5.82 Å². The summed E-state index contributed by atoms with van der Waals surface area (Å²) in [6.45, 7) is 3.79. The zero-order valence-corrected chi connectivity index (χ0v) is 14.3. The van der Waals surface area contributed by atoms with Gasteiger partial charge < -0.3 is 11.1 Å². The molecule has 6 heteroatoms. The Kier molecular flexibility index (Phi) is 4.70. The number of hydrogen-bond acceptors (Lipinski definition) is 4. The van der Waals surface area contributed by atoms with Crippen molar-refractivity contribution in [1.29, 1.82) is 0 Å². The number of nitrogens with zero attached hydrogens (tertiary/aromatic N) is 2.